The standard InChI is InChI=1S/C14H19BrFN/c1-3-5-6-14(4-2)9-17-13-11(14)7-10(16)8-12(13)15/h7-8,17H,3-6,9H2,1-2H3. The van der Waals surface area contributed by atoms with Crippen LogP contribution in [-0.4, -0.2) is 6.54 Å². The summed E-state index contributed by atoms with van der Waals surface area (Å²) in [7, 11) is 0. The minimum absolute atomic E-state index is 0.121. The quantitative estimate of drug-likeness (QED) is 0.838. The molecule has 3 heteroatoms. The van der Waals surface area contributed by atoms with Gasteiger partial charge in [0, 0.05) is 16.4 Å². The molecule has 1 aromatic carbocycles. The van der Waals surface area contributed by atoms with Crippen LogP contribution >= 0.6 is 15.9 Å². The van der Waals surface area contributed by atoms with E-state index in [1.165, 1.54) is 18.9 Å². The Hall–Kier alpha value is -0.570. The summed E-state index contributed by atoms with van der Waals surface area (Å²) in [5, 5.41) is 3.43. The molecule has 2 rings (SSSR count). The summed E-state index contributed by atoms with van der Waals surface area (Å²) in [4.78, 5) is 0. The van der Waals surface area contributed by atoms with Gasteiger partial charge in [-0.15, -0.1) is 0 Å². The molecular weight excluding hydrogens is 281 g/mol. The molecule has 0 fully saturated rings. The lowest BCUT2D eigenvalue weighted by atomic mass is 9.76. The van der Waals surface area contributed by atoms with Gasteiger partial charge in [-0.05, 0) is 46.5 Å². The van der Waals surface area contributed by atoms with Crippen molar-refractivity contribution in [3.63, 3.8) is 0 Å². The first-order valence-electron chi connectivity index (χ1n) is 6.36. The van der Waals surface area contributed by atoms with Crippen molar-refractivity contribution in [2.45, 2.75) is 44.9 Å². The molecule has 17 heavy (non-hydrogen) atoms. The molecule has 94 valence electrons. The van der Waals surface area contributed by atoms with Gasteiger partial charge in [-0.2, -0.15) is 0 Å². The highest BCUT2D eigenvalue weighted by Crippen LogP contribution is 2.46. The van der Waals surface area contributed by atoms with Crippen LogP contribution in [0, 0.1) is 5.82 Å². The molecule has 0 radical (unpaired) electrons. The zero-order chi connectivity index (χ0) is 12.5. The van der Waals surface area contributed by atoms with E-state index in [2.05, 4.69) is 35.1 Å². The highest BCUT2D eigenvalue weighted by molar-refractivity contribution is 9.10. The van der Waals surface area contributed by atoms with Crippen molar-refractivity contribution in [1.29, 1.82) is 0 Å². The van der Waals surface area contributed by atoms with E-state index >= 15 is 0 Å². The number of unbranched alkanes of at least 4 members (excludes halogenated alkanes) is 1. The van der Waals surface area contributed by atoms with Gasteiger partial charge in [-0.1, -0.05) is 26.7 Å². The average molecular weight is 300 g/mol. The minimum atomic E-state index is -0.145. The Kier molecular flexibility index (Phi) is 3.76. The largest absolute Gasteiger partial charge is 0.383 e. The van der Waals surface area contributed by atoms with Crippen molar-refractivity contribution >= 4 is 21.6 Å². The molecule has 1 aliphatic heterocycles. The Morgan fingerprint density at radius 3 is 2.82 bits per heavy atom. The molecule has 1 nitrogen and oxygen atoms in total. The van der Waals surface area contributed by atoms with Gasteiger partial charge in [0.15, 0.2) is 0 Å². The van der Waals surface area contributed by atoms with E-state index in [1.54, 1.807) is 6.07 Å². The molecular formula is C14H19BrFN. The van der Waals surface area contributed by atoms with Crippen molar-refractivity contribution < 1.29 is 4.39 Å². The van der Waals surface area contributed by atoms with Crippen LogP contribution in [0.1, 0.15) is 45.1 Å². The predicted molar refractivity (Wildman–Crippen MR) is 74.1 cm³/mol. The average Bonchev–Trinajstić information content (AvgIpc) is 2.66. The smallest absolute Gasteiger partial charge is 0.124 e. The Labute approximate surface area is 111 Å². The van der Waals surface area contributed by atoms with E-state index < -0.39 is 0 Å². The lowest BCUT2D eigenvalue weighted by Crippen LogP contribution is -2.27. The summed E-state index contributed by atoms with van der Waals surface area (Å²) in [6, 6.07) is 3.25. The highest BCUT2D eigenvalue weighted by atomic mass is 79.9. The molecule has 0 saturated heterocycles. The molecule has 0 amide bonds. The van der Waals surface area contributed by atoms with Gasteiger partial charge >= 0.3 is 0 Å². The van der Waals surface area contributed by atoms with Gasteiger partial charge in [-0.3, -0.25) is 0 Å². The number of hydrogen-bond donors (Lipinski definition) is 1. The molecule has 0 aliphatic carbocycles. The maximum absolute atomic E-state index is 13.6. The van der Waals surface area contributed by atoms with Crippen molar-refractivity contribution in [1.82, 2.24) is 0 Å². The molecule has 1 N–H and O–H groups in total. The summed E-state index contributed by atoms with van der Waals surface area (Å²) in [5.41, 5.74) is 2.36. The van der Waals surface area contributed by atoms with E-state index in [-0.39, 0.29) is 11.2 Å². The fraction of sp³-hybridized carbons (Fsp3) is 0.571. The third kappa shape index (κ3) is 2.22. The maximum atomic E-state index is 13.6. The van der Waals surface area contributed by atoms with Crippen LogP contribution in [0.25, 0.3) is 0 Å². The fourth-order valence-electron chi connectivity index (χ4n) is 2.75. The van der Waals surface area contributed by atoms with Crippen molar-refractivity contribution in [2.75, 3.05) is 11.9 Å². The van der Waals surface area contributed by atoms with Crippen LogP contribution in [0.2, 0.25) is 0 Å². The van der Waals surface area contributed by atoms with Gasteiger partial charge in [0.25, 0.3) is 0 Å². The van der Waals surface area contributed by atoms with E-state index in [0.29, 0.717) is 0 Å². The number of anilines is 1. The number of halogens is 2. The Morgan fingerprint density at radius 2 is 2.18 bits per heavy atom. The van der Waals surface area contributed by atoms with Crippen LogP contribution in [0.3, 0.4) is 0 Å². The normalized spacial score (nSPS) is 22.4. The predicted octanol–water partition coefficient (Wildman–Crippen LogP) is 4.85. The third-order valence-corrected chi connectivity index (χ3v) is 4.54. The second-order valence-corrected chi connectivity index (χ2v) is 5.76. The molecule has 0 saturated carbocycles. The van der Waals surface area contributed by atoms with E-state index in [9.17, 15) is 4.39 Å². The van der Waals surface area contributed by atoms with Crippen LogP contribution in [-0.2, 0) is 5.41 Å². The van der Waals surface area contributed by atoms with Crippen molar-refractivity contribution in [2.24, 2.45) is 0 Å². The summed E-state index contributed by atoms with van der Waals surface area (Å²) < 4.78 is 14.4. The Balaban J connectivity index is 2.42. The molecule has 1 aromatic rings. The van der Waals surface area contributed by atoms with Crippen molar-refractivity contribution in [3.8, 4) is 0 Å². The zero-order valence-electron chi connectivity index (χ0n) is 10.4. The molecule has 1 atom stereocenters. The van der Waals surface area contributed by atoms with Gasteiger partial charge in [0.05, 0.1) is 5.69 Å². The lowest BCUT2D eigenvalue weighted by Gasteiger charge is -2.28. The fourth-order valence-corrected chi connectivity index (χ4v) is 3.33. The third-order valence-electron chi connectivity index (χ3n) is 3.92. The summed E-state index contributed by atoms with van der Waals surface area (Å²) in [6.45, 7) is 5.33. The van der Waals surface area contributed by atoms with Gasteiger partial charge in [0.1, 0.15) is 5.82 Å². The van der Waals surface area contributed by atoms with Gasteiger partial charge in [0.2, 0.25) is 0 Å². The van der Waals surface area contributed by atoms with E-state index in [0.717, 1.165) is 35.1 Å². The monoisotopic (exact) mass is 299 g/mol. The number of nitrogens with one attached hydrogen (secondary N) is 1. The second kappa shape index (κ2) is 4.97. The summed E-state index contributed by atoms with van der Waals surface area (Å²) >= 11 is 3.44. The number of fused-ring (bicyclic) bond motifs is 1. The first-order valence-corrected chi connectivity index (χ1v) is 7.15. The minimum Gasteiger partial charge on any atom is -0.383 e. The number of rotatable bonds is 4. The van der Waals surface area contributed by atoms with E-state index in [1.807, 2.05) is 0 Å². The SMILES string of the molecule is CCCCC1(CC)CNc2c(Br)cc(F)cc21. The number of benzene rings is 1. The Bertz CT molecular complexity index is 419. The molecule has 1 heterocycles. The van der Waals surface area contributed by atoms with Crippen LogP contribution in [0.15, 0.2) is 16.6 Å². The van der Waals surface area contributed by atoms with E-state index in [4.69, 9.17) is 0 Å². The molecule has 0 bridgehead atoms. The summed E-state index contributed by atoms with van der Waals surface area (Å²) in [5.74, 6) is -0.145. The van der Waals surface area contributed by atoms with Gasteiger partial charge in [-0.25, -0.2) is 4.39 Å². The van der Waals surface area contributed by atoms with Crippen LogP contribution < -0.4 is 5.32 Å². The molecule has 1 unspecified atom stereocenters. The molecule has 0 spiro atoms. The topological polar surface area (TPSA) is 12.0 Å². The van der Waals surface area contributed by atoms with Crippen molar-refractivity contribution in [3.05, 3.63) is 28.0 Å². The summed E-state index contributed by atoms with van der Waals surface area (Å²) in [6.07, 6.45) is 4.58. The molecule has 1 aliphatic rings. The zero-order valence-corrected chi connectivity index (χ0v) is 12.0. The first-order chi connectivity index (χ1) is 8.13. The Morgan fingerprint density at radius 1 is 1.41 bits per heavy atom. The highest BCUT2D eigenvalue weighted by Gasteiger charge is 2.37. The van der Waals surface area contributed by atoms with Gasteiger partial charge < -0.3 is 5.32 Å². The van der Waals surface area contributed by atoms with Crippen LogP contribution in [0.5, 0.6) is 0 Å². The molecule has 0 aromatic heterocycles. The second-order valence-electron chi connectivity index (χ2n) is 4.90. The van der Waals surface area contributed by atoms with Crippen LogP contribution in [0.4, 0.5) is 10.1 Å². The maximum Gasteiger partial charge on any atom is 0.124 e. The first kappa shape index (κ1) is 12.9. The number of hydrogen-bond acceptors (Lipinski definition) is 1. The lowest BCUT2D eigenvalue weighted by molar-refractivity contribution is 0.400.